The first-order valence-corrected chi connectivity index (χ1v) is 13.7. The number of carbonyl (C=O) groups excluding carboxylic acids is 1. The standard InChI is InChI=1S/C24H25N3O5S2/c1-17-5-3-6-19(15-17)26-34(31,32)23-16-20(9-8-18(23)2)25-33(29,30)22-12-10-21(11-13-22)27-14-4-7-24(27)28/h3,5-6,8-13,15-16,25-26H,4,7,14H2,1-2H3. The number of rotatable bonds is 7. The van der Waals surface area contributed by atoms with Gasteiger partial charge < -0.3 is 4.90 Å². The van der Waals surface area contributed by atoms with E-state index in [0.717, 1.165) is 12.0 Å². The second-order valence-corrected chi connectivity index (χ2v) is 11.5. The summed E-state index contributed by atoms with van der Waals surface area (Å²) in [7, 11) is -7.92. The van der Waals surface area contributed by atoms with Gasteiger partial charge in [-0.2, -0.15) is 0 Å². The maximum Gasteiger partial charge on any atom is 0.262 e. The third kappa shape index (κ3) is 5.07. The molecule has 0 unspecified atom stereocenters. The number of hydrogen-bond donors (Lipinski definition) is 2. The Morgan fingerprint density at radius 2 is 1.47 bits per heavy atom. The van der Waals surface area contributed by atoms with E-state index in [1.54, 1.807) is 48.2 Å². The van der Waals surface area contributed by atoms with E-state index in [1.807, 2.05) is 13.0 Å². The molecule has 8 nitrogen and oxygen atoms in total. The molecule has 0 saturated carbocycles. The molecule has 10 heteroatoms. The zero-order valence-corrected chi connectivity index (χ0v) is 20.4. The maximum atomic E-state index is 13.0. The first kappa shape index (κ1) is 23.8. The molecule has 0 radical (unpaired) electrons. The zero-order valence-electron chi connectivity index (χ0n) is 18.8. The van der Waals surface area contributed by atoms with Gasteiger partial charge in [-0.1, -0.05) is 18.2 Å². The molecule has 1 amide bonds. The second-order valence-electron chi connectivity index (χ2n) is 8.20. The molecule has 1 fully saturated rings. The lowest BCUT2D eigenvalue weighted by atomic mass is 10.2. The molecule has 0 spiro atoms. The van der Waals surface area contributed by atoms with Gasteiger partial charge in [-0.05, 0) is 79.9 Å². The van der Waals surface area contributed by atoms with Crippen LogP contribution in [0.25, 0.3) is 0 Å². The Labute approximate surface area is 199 Å². The Morgan fingerprint density at radius 3 is 2.12 bits per heavy atom. The van der Waals surface area contributed by atoms with Crippen molar-refractivity contribution in [3.05, 3.63) is 77.9 Å². The van der Waals surface area contributed by atoms with Crippen LogP contribution in [0.5, 0.6) is 0 Å². The van der Waals surface area contributed by atoms with Gasteiger partial charge in [-0.25, -0.2) is 16.8 Å². The van der Waals surface area contributed by atoms with Gasteiger partial charge in [0.1, 0.15) is 0 Å². The molecule has 1 saturated heterocycles. The highest BCUT2D eigenvalue weighted by molar-refractivity contribution is 7.93. The Morgan fingerprint density at radius 1 is 0.794 bits per heavy atom. The monoisotopic (exact) mass is 499 g/mol. The molecule has 4 rings (SSSR count). The van der Waals surface area contributed by atoms with Crippen molar-refractivity contribution >= 4 is 43.0 Å². The molecule has 0 bridgehead atoms. The third-order valence-corrected chi connectivity index (χ3v) is 8.45. The van der Waals surface area contributed by atoms with E-state index < -0.39 is 20.0 Å². The van der Waals surface area contributed by atoms with Gasteiger partial charge in [-0.15, -0.1) is 0 Å². The Kier molecular flexibility index (Phi) is 6.37. The van der Waals surface area contributed by atoms with Crippen molar-refractivity contribution in [2.24, 2.45) is 0 Å². The summed E-state index contributed by atoms with van der Waals surface area (Å²) >= 11 is 0. The van der Waals surface area contributed by atoms with Gasteiger partial charge in [0.25, 0.3) is 20.0 Å². The molecule has 0 aliphatic carbocycles. The smallest absolute Gasteiger partial charge is 0.262 e. The van der Waals surface area contributed by atoms with Gasteiger partial charge in [0.15, 0.2) is 0 Å². The van der Waals surface area contributed by atoms with E-state index >= 15 is 0 Å². The van der Waals surface area contributed by atoms with Crippen LogP contribution in [-0.2, 0) is 24.8 Å². The maximum absolute atomic E-state index is 13.0. The van der Waals surface area contributed by atoms with Crippen molar-refractivity contribution in [3.8, 4) is 0 Å². The molecule has 3 aromatic carbocycles. The van der Waals surface area contributed by atoms with Crippen LogP contribution in [0.15, 0.2) is 76.5 Å². The summed E-state index contributed by atoms with van der Waals surface area (Å²) in [6.45, 7) is 4.11. The van der Waals surface area contributed by atoms with E-state index in [1.165, 1.54) is 24.3 Å². The fraction of sp³-hybridized carbons (Fsp3) is 0.208. The van der Waals surface area contributed by atoms with E-state index in [2.05, 4.69) is 9.44 Å². The predicted octanol–water partition coefficient (Wildman–Crippen LogP) is 4.03. The SMILES string of the molecule is Cc1cccc(NS(=O)(=O)c2cc(NS(=O)(=O)c3ccc(N4CCCC4=O)cc3)ccc2C)c1. The summed E-state index contributed by atoms with van der Waals surface area (Å²) in [5.41, 5.74) is 2.56. The summed E-state index contributed by atoms with van der Waals surface area (Å²) in [6, 6.07) is 17.3. The molecule has 3 aromatic rings. The summed E-state index contributed by atoms with van der Waals surface area (Å²) in [5.74, 6) is 0.0152. The zero-order chi connectivity index (χ0) is 24.5. The number of hydrogen-bond acceptors (Lipinski definition) is 5. The van der Waals surface area contributed by atoms with Crippen LogP contribution in [0.2, 0.25) is 0 Å². The minimum Gasteiger partial charge on any atom is -0.312 e. The normalized spacial score (nSPS) is 14.3. The molecule has 1 aliphatic heterocycles. The number of nitrogens with zero attached hydrogens (tertiary/aromatic N) is 1. The lowest BCUT2D eigenvalue weighted by Gasteiger charge is -2.16. The van der Waals surface area contributed by atoms with Crippen molar-refractivity contribution in [3.63, 3.8) is 0 Å². The van der Waals surface area contributed by atoms with Gasteiger partial charge in [-0.3, -0.25) is 14.2 Å². The topological polar surface area (TPSA) is 113 Å². The van der Waals surface area contributed by atoms with Crippen LogP contribution in [0.3, 0.4) is 0 Å². The summed E-state index contributed by atoms with van der Waals surface area (Å²) in [6.07, 6.45) is 1.26. The lowest BCUT2D eigenvalue weighted by molar-refractivity contribution is -0.117. The fourth-order valence-corrected chi connectivity index (χ4v) is 6.18. The Balaban J connectivity index is 1.57. The second kappa shape index (κ2) is 9.11. The minimum absolute atomic E-state index is 0.00534. The minimum atomic E-state index is -3.98. The Bertz CT molecular complexity index is 1450. The van der Waals surface area contributed by atoms with Crippen molar-refractivity contribution < 1.29 is 21.6 Å². The lowest BCUT2D eigenvalue weighted by Crippen LogP contribution is -2.23. The van der Waals surface area contributed by atoms with Crippen LogP contribution in [0.1, 0.15) is 24.0 Å². The molecular weight excluding hydrogens is 474 g/mol. The van der Waals surface area contributed by atoms with Gasteiger partial charge in [0.2, 0.25) is 5.91 Å². The summed E-state index contributed by atoms with van der Waals surface area (Å²) in [5, 5.41) is 0. The van der Waals surface area contributed by atoms with Crippen molar-refractivity contribution in [1.82, 2.24) is 0 Å². The number of aryl methyl sites for hydroxylation is 2. The number of amides is 1. The van der Waals surface area contributed by atoms with E-state index in [4.69, 9.17) is 0 Å². The molecule has 1 heterocycles. The van der Waals surface area contributed by atoms with Crippen molar-refractivity contribution in [2.45, 2.75) is 36.5 Å². The fourth-order valence-electron chi connectivity index (χ4n) is 3.81. The highest BCUT2D eigenvalue weighted by Crippen LogP contribution is 2.27. The van der Waals surface area contributed by atoms with Crippen molar-refractivity contribution in [1.29, 1.82) is 0 Å². The van der Waals surface area contributed by atoms with Crippen molar-refractivity contribution in [2.75, 3.05) is 20.9 Å². The molecule has 2 N–H and O–H groups in total. The first-order chi connectivity index (χ1) is 16.0. The van der Waals surface area contributed by atoms with Crippen LogP contribution in [0.4, 0.5) is 17.1 Å². The third-order valence-electron chi connectivity index (χ3n) is 5.53. The molecule has 34 heavy (non-hydrogen) atoms. The van der Waals surface area contributed by atoms with Crippen LogP contribution in [0, 0.1) is 13.8 Å². The molecule has 1 aliphatic rings. The molecule has 0 atom stereocenters. The number of benzene rings is 3. The molecular formula is C24H25N3O5S2. The van der Waals surface area contributed by atoms with E-state index in [9.17, 15) is 21.6 Å². The van der Waals surface area contributed by atoms with Crippen LogP contribution >= 0.6 is 0 Å². The highest BCUT2D eigenvalue weighted by atomic mass is 32.2. The predicted molar refractivity (Wildman–Crippen MR) is 132 cm³/mol. The number of nitrogens with one attached hydrogen (secondary N) is 2. The largest absolute Gasteiger partial charge is 0.312 e. The summed E-state index contributed by atoms with van der Waals surface area (Å²) in [4.78, 5) is 13.5. The highest BCUT2D eigenvalue weighted by Gasteiger charge is 2.23. The summed E-state index contributed by atoms with van der Waals surface area (Å²) < 4.78 is 56.8. The molecule has 0 aromatic heterocycles. The number of carbonyl (C=O) groups is 1. The van der Waals surface area contributed by atoms with E-state index in [-0.39, 0.29) is 21.4 Å². The quantitative estimate of drug-likeness (QED) is 0.510. The average molecular weight is 500 g/mol. The van der Waals surface area contributed by atoms with Crippen LogP contribution < -0.4 is 14.3 Å². The number of sulfonamides is 2. The van der Waals surface area contributed by atoms with Gasteiger partial charge in [0, 0.05) is 24.3 Å². The Hall–Kier alpha value is -3.37. The number of anilines is 3. The van der Waals surface area contributed by atoms with Gasteiger partial charge in [0.05, 0.1) is 15.5 Å². The van der Waals surface area contributed by atoms with Gasteiger partial charge >= 0.3 is 0 Å². The first-order valence-electron chi connectivity index (χ1n) is 10.7. The average Bonchev–Trinajstić information content (AvgIpc) is 3.20. The van der Waals surface area contributed by atoms with E-state index in [0.29, 0.717) is 29.9 Å². The molecule has 178 valence electrons. The van der Waals surface area contributed by atoms with Crippen LogP contribution in [-0.4, -0.2) is 29.3 Å².